The molecule has 1 aromatic heterocycles. The highest BCUT2D eigenvalue weighted by atomic mass is 16.5. The van der Waals surface area contributed by atoms with Crippen LogP contribution >= 0.6 is 0 Å². The van der Waals surface area contributed by atoms with Crippen LogP contribution in [0.2, 0.25) is 0 Å². The van der Waals surface area contributed by atoms with Gasteiger partial charge in [0.2, 0.25) is 11.8 Å². The van der Waals surface area contributed by atoms with E-state index in [0.29, 0.717) is 23.6 Å². The maximum atomic E-state index is 13.0. The third kappa shape index (κ3) is 3.80. The monoisotopic (exact) mass is 438 g/mol. The van der Waals surface area contributed by atoms with Crippen molar-refractivity contribution in [2.45, 2.75) is 50.7 Å². The average Bonchev–Trinajstić information content (AvgIpc) is 3.40. The molecule has 3 aliphatic rings. The molecule has 10 heteroatoms. The molecule has 2 atom stereocenters. The van der Waals surface area contributed by atoms with Crippen LogP contribution in [0, 0.1) is 5.92 Å². The molecule has 3 aliphatic heterocycles. The predicted octanol–water partition coefficient (Wildman–Crippen LogP) is 0.845. The summed E-state index contributed by atoms with van der Waals surface area (Å²) in [6.07, 6.45) is 5.21. The van der Waals surface area contributed by atoms with Gasteiger partial charge in [0.1, 0.15) is 6.04 Å². The Balaban J connectivity index is 1.36. The summed E-state index contributed by atoms with van der Waals surface area (Å²) in [5.41, 5.74) is 9.18. The third-order valence-electron chi connectivity index (χ3n) is 6.62. The third-order valence-corrected chi connectivity index (χ3v) is 6.62. The molecule has 0 saturated carbocycles. The minimum absolute atomic E-state index is 0.215. The Bertz CT molecular complexity index is 1060. The first kappa shape index (κ1) is 20.8. The molecule has 3 N–H and O–H groups in total. The zero-order chi connectivity index (χ0) is 22.2. The van der Waals surface area contributed by atoms with Crippen molar-refractivity contribution in [3.05, 3.63) is 41.2 Å². The van der Waals surface area contributed by atoms with Crippen molar-refractivity contribution < 1.29 is 19.1 Å². The topological polar surface area (TPSA) is 132 Å². The van der Waals surface area contributed by atoms with E-state index in [0.717, 1.165) is 43.7 Å². The number of hydrogen-bond acceptors (Lipinski definition) is 7. The number of benzene rings is 1. The molecule has 32 heavy (non-hydrogen) atoms. The summed E-state index contributed by atoms with van der Waals surface area (Å²) in [6.45, 7) is 1.83. The van der Waals surface area contributed by atoms with E-state index in [1.54, 1.807) is 16.8 Å². The zero-order valence-electron chi connectivity index (χ0n) is 17.7. The molecule has 0 radical (unpaired) electrons. The predicted molar refractivity (Wildman–Crippen MR) is 112 cm³/mol. The van der Waals surface area contributed by atoms with Gasteiger partial charge in [0.15, 0.2) is 0 Å². The number of nitrogens with zero attached hydrogens (tertiary/aromatic N) is 4. The lowest BCUT2D eigenvalue weighted by Gasteiger charge is -2.29. The summed E-state index contributed by atoms with van der Waals surface area (Å²) >= 11 is 0. The molecule has 5 rings (SSSR count). The Morgan fingerprint density at radius 1 is 1.19 bits per heavy atom. The van der Waals surface area contributed by atoms with Crippen molar-refractivity contribution in [2.24, 2.45) is 11.7 Å². The fourth-order valence-electron chi connectivity index (χ4n) is 4.81. The number of carbonyl (C=O) groups is 3. The smallest absolute Gasteiger partial charge is 0.255 e. The van der Waals surface area contributed by atoms with Crippen LogP contribution in [0.25, 0.3) is 5.69 Å². The number of carbonyl (C=O) groups excluding carboxylic acids is 3. The van der Waals surface area contributed by atoms with Crippen LogP contribution in [0.4, 0.5) is 0 Å². The maximum absolute atomic E-state index is 13.0. The van der Waals surface area contributed by atoms with Gasteiger partial charge in [0.05, 0.1) is 23.6 Å². The molecule has 2 fully saturated rings. The van der Waals surface area contributed by atoms with Crippen LogP contribution < -0.4 is 11.1 Å². The van der Waals surface area contributed by atoms with E-state index in [2.05, 4.69) is 15.6 Å². The molecule has 0 bridgehead atoms. The van der Waals surface area contributed by atoms with Crippen molar-refractivity contribution >= 4 is 17.7 Å². The van der Waals surface area contributed by atoms with Crippen molar-refractivity contribution in [3.8, 4) is 5.69 Å². The molecule has 168 valence electrons. The second-order valence-corrected chi connectivity index (χ2v) is 8.69. The Morgan fingerprint density at radius 2 is 2.00 bits per heavy atom. The first-order chi connectivity index (χ1) is 15.5. The van der Waals surface area contributed by atoms with Crippen LogP contribution in [0.5, 0.6) is 0 Å². The van der Waals surface area contributed by atoms with E-state index >= 15 is 0 Å². The second kappa shape index (κ2) is 8.44. The average molecular weight is 438 g/mol. The van der Waals surface area contributed by atoms with Gasteiger partial charge in [0.25, 0.3) is 5.91 Å². The number of nitrogens with two attached hydrogens (primary N) is 1. The van der Waals surface area contributed by atoms with Gasteiger partial charge in [-0.25, -0.2) is 4.68 Å². The molecular weight excluding hydrogens is 412 g/mol. The van der Waals surface area contributed by atoms with E-state index in [9.17, 15) is 14.4 Å². The molecule has 10 nitrogen and oxygen atoms in total. The summed E-state index contributed by atoms with van der Waals surface area (Å²) in [5.74, 6) is -0.424. The standard InChI is InChI=1S/C22H26N6O4/c23-16(10-13-6-8-32-9-7-13)17-12-28(26-25-17)18-3-1-2-14-15(18)11-27(22(14)31)19-4-5-20(29)24-21(19)30/h1-3,12-13,16,19H,4-11,23H2,(H,24,29,30). The second-order valence-electron chi connectivity index (χ2n) is 8.69. The van der Waals surface area contributed by atoms with Crippen molar-refractivity contribution in [2.75, 3.05) is 13.2 Å². The van der Waals surface area contributed by atoms with Crippen molar-refractivity contribution in [3.63, 3.8) is 0 Å². The van der Waals surface area contributed by atoms with E-state index in [-0.39, 0.29) is 30.8 Å². The highest BCUT2D eigenvalue weighted by molar-refractivity contribution is 6.05. The van der Waals surface area contributed by atoms with Crippen LogP contribution in [-0.2, 0) is 20.9 Å². The molecular formula is C22H26N6O4. The van der Waals surface area contributed by atoms with Gasteiger partial charge in [0, 0.05) is 37.3 Å². The molecule has 0 aliphatic carbocycles. The lowest BCUT2D eigenvalue weighted by atomic mass is 9.92. The quantitative estimate of drug-likeness (QED) is 0.661. The van der Waals surface area contributed by atoms with Crippen LogP contribution in [-0.4, -0.2) is 56.9 Å². The molecule has 2 aromatic rings. The summed E-state index contributed by atoms with van der Waals surface area (Å²) in [6, 6.07) is 4.55. The van der Waals surface area contributed by atoms with E-state index in [4.69, 9.17) is 10.5 Å². The number of hydrogen-bond donors (Lipinski definition) is 2. The van der Waals surface area contributed by atoms with Gasteiger partial charge in [-0.1, -0.05) is 11.3 Å². The van der Waals surface area contributed by atoms with E-state index in [1.165, 1.54) is 4.90 Å². The van der Waals surface area contributed by atoms with Gasteiger partial charge in [-0.05, 0) is 43.7 Å². The Hall–Kier alpha value is -3.11. The molecule has 2 saturated heterocycles. The maximum Gasteiger partial charge on any atom is 0.255 e. The van der Waals surface area contributed by atoms with Crippen LogP contribution in [0.15, 0.2) is 24.4 Å². The summed E-state index contributed by atoms with van der Waals surface area (Å²) in [5, 5.41) is 10.9. The number of amides is 3. The lowest BCUT2D eigenvalue weighted by Crippen LogP contribution is -2.52. The molecule has 4 heterocycles. The minimum atomic E-state index is -0.653. The highest BCUT2D eigenvalue weighted by Crippen LogP contribution is 2.32. The van der Waals surface area contributed by atoms with E-state index in [1.807, 2.05) is 12.3 Å². The Kier molecular flexibility index (Phi) is 5.48. The number of nitrogens with one attached hydrogen (secondary N) is 1. The number of rotatable bonds is 5. The summed E-state index contributed by atoms with van der Waals surface area (Å²) in [4.78, 5) is 38.4. The number of ether oxygens (including phenoxy) is 1. The summed E-state index contributed by atoms with van der Waals surface area (Å²) < 4.78 is 7.07. The van der Waals surface area contributed by atoms with Crippen LogP contribution in [0.1, 0.15) is 59.8 Å². The summed E-state index contributed by atoms with van der Waals surface area (Å²) in [7, 11) is 0. The molecule has 2 unspecified atom stereocenters. The largest absolute Gasteiger partial charge is 0.381 e. The fraction of sp³-hybridized carbons (Fsp3) is 0.500. The van der Waals surface area contributed by atoms with Gasteiger partial charge in [-0.2, -0.15) is 0 Å². The Morgan fingerprint density at radius 3 is 2.78 bits per heavy atom. The van der Waals surface area contributed by atoms with Crippen molar-refractivity contribution in [1.82, 2.24) is 25.2 Å². The number of aromatic nitrogens is 3. The van der Waals surface area contributed by atoms with Gasteiger partial charge < -0.3 is 15.4 Å². The first-order valence-corrected chi connectivity index (χ1v) is 11.0. The lowest BCUT2D eigenvalue weighted by molar-refractivity contribution is -0.136. The Labute approximate surface area is 185 Å². The zero-order valence-corrected chi connectivity index (χ0v) is 17.7. The normalized spacial score (nSPS) is 22.7. The number of imide groups is 1. The number of fused-ring (bicyclic) bond motifs is 1. The van der Waals surface area contributed by atoms with Crippen LogP contribution in [0.3, 0.4) is 0 Å². The highest BCUT2D eigenvalue weighted by Gasteiger charge is 2.40. The fourth-order valence-corrected chi connectivity index (χ4v) is 4.81. The molecule has 0 spiro atoms. The SMILES string of the molecule is NC(CC1CCOCC1)c1cn(-c2cccc3c2CN(C2CCC(=O)NC2=O)C3=O)nn1. The van der Waals surface area contributed by atoms with Gasteiger partial charge in [-0.15, -0.1) is 5.10 Å². The molecule has 3 amide bonds. The van der Waals surface area contributed by atoms with Gasteiger partial charge in [-0.3, -0.25) is 19.7 Å². The minimum Gasteiger partial charge on any atom is -0.381 e. The van der Waals surface area contributed by atoms with E-state index < -0.39 is 11.9 Å². The van der Waals surface area contributed by atoms with Gasteiger partial charge >= 0.3 is 0 Å². The number of piperidine rings is 1. The first-order valence-electron chi connectivity index (χ1n) is 11.0. The molecule has 1 aromatic carbocycles. The van der Waals surface area contributed by atoms with Crippen molar-refractivity contribution in [1.29, 1.82) is 0 Å².